The zero-order valence-electron chi connectivity index (χ0n) is 15.2. The van der Waals surface area contributed by atoms with Crippen molar-refractivity contribution >= 4 is 54.3 Å². The van der Waals surface area contributed by atoms with Crippen LogP contribution in [0.1, 0.15) is 11.1 Å². The zero-order chi connectivity index (χ0) is 19.9. The van der Waals surface area contributed by atoms with Crippen LogP contribution in [0.5, 0.6) is 0 Å². The molecule has 0 aliphatic carbocycles. The first-order chi connectivity index (χ1) is 13.3. The fraction of sp³-hybridized carbons (Fsp3) is 0.300. The van der Waals surface area contributed by atoms with Gasteiger partial charge in [-0.2, -0.15) is 4.99 Å². The van der Waals surface area contributed by atoms with E-state index in [0.717, 1.165) is 21.3 Å². The van der Waals surface area contributed by atoms with E-state index in [4.69, 9.17) is 0 Å². The van der Waals surface area contributed by atoms with E-state index in [0.29, 0.717) is 5.17 Å². The van der Waals surface area contributed by atoms with Gasteiger partial charge in [0.2, 0.25) is 0 Å². The summed E-state index contributed by atoms with van der Waals surface area (Å²) in [7, 11) is -3.07. The van der Waals surface area contributed by atoms with Gasteiger partial charge in [-0.05, 0) is 36.8 Å². The van der Waals surface area contributed by atoms with Crippen molar-refractivity contribution in [1.29, 1.82) is 0 Å². The minimum atomic E-state index is -3.07. The molecule has 0 radical (unpaired) electrons. The van der Waals surface area contributed by atoms with Gasteiger partial charge in [-0.25, -0.2) is 8.42 Å². The van der Waals surface area contributed by atoms with Crippen LogP contribution >= 0.6 is 27.7 Å². The van der Waals surface area contributed by atoms with Crippen molar-refractivity contribution in [3.8, 4) is 0 Å². The molecule has 0 N–H and O–H groups in total. The maximum Gasteiger partial charge on any atom is 0.252 e. The lowest BCUT2D eigenvalue weighted by atomic mass is 10.1. The quantitative estimate of drug-likeness (QED) is 0.673. The number of fused-ring (bicyclic) bond motifs is 1. The smallest absolute Gasteiger partial charge is 0.252 e. The lowest BCUT2D eigenvalue weighted by molar-refractivity contribution is -0.117. The molecule has 5 nitrogen and oxygen atoms in total. The molecule has 2 aromatic rings. The fourth-order valence-corrected chi connectivity index (χ4v) is 7.69. The monoisotopic (exact) mass is 478 g/mol. The van der Waals surface area contributed by atoms with Crippen LogP contribution in [-0.4, -0.2) is 42.3 Å². The normalized spacial score (nSPS) is 24.5. The van der Waals surface area contributed by atoms with Gasteiger partial charge in [0, 0.05) is 15.4 Å². The van der Waals surface area contributed by atoms with Crippen molar-refractivity contribution in [2.24, 2.45) is 4.99 Å². The van der Waals surface area contributed by atoms with Crippen LogP contribution in [0.25, 0.3) is 0 Å². The van der Waals surface area contributed by atoms with Crippen molar-refractivity contribution in [1.82, 2.24) is 0 Å². The Hall–Kier alpha value is -1.64. The summed E-state index contributed by atoms with van der Waals surface area (Å²) >= 11 is 4.82. The van der Waals surface area contributed by atoms with E-state index >= 15 is 0 Å². The highest BCUT2D eigenvalue weighted by Gasteiger charge is 2.49. The van der Waals surface area contributed by atoms with Crippen LogP contribution < -0.4 is 4.90 Å². The zero-order valence-corrected chi connectivity index (χ0v) is 18.4. The number of aliphatic imine (C=N–C) groups is 1. The van der Waals surface area contributed by atoms with E-state index in [1.807, 2.05) is 60.4 Å². The van der Waals surface area contributed by atoms with Crippen LogP contribution in [0.15, 0.2) is 58.0 Å². The molecular formula is C20H19BrN2O3S2. The number of benzene rings is 2. The highest BCUT2D eigenvalue weighted by Crippen LogP contribution is 2.41. The summed E-state index contributed by atoms with van der Waals surface area (Å²) in [5.74, 6) is -0.0109. The van der Waals surface area contributed by atoms with Crippen LogP contribution in [0, 0.1) is 6.92 Å². The van der Waals surface area contributed by atoms with Gasteiger partial charge >= 0.3 is 0 Å². The molecule has 0 aromatic heterocycles. The first-order valence-corrected chi connectivity index (χ1v) is 12.4. The summed E-state index contributed by atoms with van der Waals surface area (Å²) in [6.07, 6.45) is 0.228. The molecule has 2 aliphatic heterocycles. The van der Waals surface area contributed by atoms with E-state index in [-0.39, 0.29) is 35.1 Å². The van der Waals surface area contributed by atoms with Gasteiger partial charge in [0.05, 0.1) is 24.0 Å². The number of nitrogens with zero attached hydrogens (tertiary/aromatic N) is 2. The van der Waals surface area contributed by atoms with Crippen molar-refractivity contribution in [2.45, 2.75) is 24.6 Å². The highest BCUT2D eigenvalue weighted by atomic mass is 79.9. The summed E-state index contributed by atoms with van der Waals surface area (Å²) in [5.41, 5.74) is 2.91. The number of amidine groups is 1. The second-order valence-electron chi connectivity index (χ2n) is 7.10. The van der Waals surface area contributed by atoms with Gasteiger partial charge in [0.25, 0.3) is 5.91 Å². The molecule has 146 valence electrons. The molecule has 2 aromatic carbocycles. The lowest BCUT2D eigenvalue weighted by Crippen LogP contribution is -2.37. The number of aryl methyl sites for hydroxylation is 1. The van der Waals surface area contributed by atoms with Gasteiger partial charge in [-0.3, -0.25) is 4.79 Å². The second kappa shape index (κ2) is 7.65. The van der Waals surface area contributed by atoms with Gasteiger partial charge < -0.3 is 4.90 Å². The molecule has 2 fully saturated rings. The maximum atomic E-state index is 12.6. The Balaban J connectivity index is 1.62. The number of hydrogen-bond donors (Lipinski definition) is 0. The largest absolute Gasteiger partial charge is 0.316 e. The van der Waals surface area contributed by atoms with Crippen molar-refractivity contribution in [2.75, 3.05) is 16.4 Å². The van der Waals surface area contributed by atoms with Gasteiger partial charge in [0.15, 0.2) is 15.0 Å². The molecule has 4 rings (SSSR count). The average Bonchev–Trinajstić information content (AvgIpc) is 3.09. The van der Waals surface area contributed by atoms with Crippen LogP contribution in [0.4, 0.5) is 5.69 Å². The Morgan fingerprint density at radius 3 is 2.50 bits per heavy atom. The first-order valence-electron chi connectivity index (χ1n) is 8.90. The molecule has 0 spiro atoms. The number of thioether (sulfide) groups is 1. The SMILES string of the molecule is Cc1ccc(CC(=O)N=C2SC3CS(=O)(=O)CC3N2c2ccc(Br)cc2)cc1. The van der Waals surface area contributed by atoms with Gasteiger partial charge in [0.1, 0.15) is 0 Å². The molecule has 2 saturated heterocycles. The number of hydrogen-bond acceptors (Lipinski definition) is 4. The number of amides is 1. The Labute approximate surface area is 177 Å². The number of halogens is 1. The Morgan fingerprint density at radius 1 is 1.14 bits per heavy atom. The molecule has 2 heterocycles. The van der Waals surface area contributed by atoms with E-state index in [1.54, 1.807) is 0 Å². The molecule has 0 bridgehead atoms. The topological polar surface area (TPSA) is 66.8 Å². The second-order valence-corrected chi connectivity index (χ2v) is 11.4. The molecule has 2 unspecified atom stereocenters. The van der Waals surface area contributed by atoms with Gasteiger partial charge in [-0.15, -0.1) is 0 Å². The molecule has 2 atom stereocenters. The summed E-state index contributed by atoms with van der Waals surface area (Å²) in [5, 5.41) is 0.490. The number of carbonyl (C=O) groups is 1. The summed E-state index contributed by atoms with van der Waals surface area (Å²) in [4.78, 5) is 18.9. The molecule has 2 aliphatic rings. The summed E-state index contributed by atoms with van der Waals surface area (Å²) < 4.78 is 25.2. The predicted molar refractivity (Wildman–Crippen MR) is 118 cm³/mol. The predicted octanol–water partition coefficient (Wildman–Crippen LogP) is 3.60. The molecule has 0 saturated carbocycles. The third kappa shape index (κ3) is 4.18. The highest BCUT2D eigenvalue weighted by molar-refractivity contribution is 9.10. The number of anilines is 1. The number of carbonyl (C=O) groups excluding carboxylic acids is 1. The molecule has 8 heteroatoms. The first kappa shape index (κ1) is 19.7. The minimum absolute atomic E-state index is 0.0892. The standard InChI is InChI=1S/C20H19BrN2O3S2/c1-13-2-4-14(5-3-13)10-19(24)22-20-23(16-8-6-15(21)7-9-16)17-11-28(25,26)12-18(17)27-20/h2-9,17-18H,10-12H2,1H3. The van der Waals surface area contributed by atoms with E-state index < -0.39 is 9.84 Å². The van der Waals surface area contributed by atoms with E-state index in [2.05, 4.69) is 20.9 Å². The van der Waals surface area contributed by atoms with Crippen molar-refractivity contribution in [3.05, 3.63) is 64.1 Å². The van der Waals surface area contributed by atoms with Crippen LogP contribution in [-0.2, 0) is 21.1 Å². The van der Waals surface area contributed by atoms with Crippen molar-refractivity contribution in [3.63, 3.8) is 0 Å². The van der Waals surface area contributed by atoms with Crippen LogP contribution in [0.2, 0.25) is 0 Å². The summed E-state index contributed by atoms with van der Waals surface area (Å²) in [6.45, 7) is 2.00. The molecule has 1 amide bonds. The molecular weight excluding hydrogens is 460 g/mol. The fourth-order valence-electron chi connectivity index (χ4n) is 3.49. The van der Waals surface area contributed by atoms with Gasteiger partial charge in [-0.1, -0.05) is 57.5 Å². The van der Waals surface area contributed by atoms with Crippen LogP contribution in [0.3, 0.4) is 0 Å². The Morgan fingerprint density at radius 2 is 1.82 bits per heavy atom. The maximum absolute atomic E-state index is 12.6. The lowest BCUT2D eigenvalue weighted by Gasteiger charge is -2.24. The molecule has 28 heavy (non-hydrogen) atoms. The van der Waals surface area contributed by atoms with Crippen molar-refractivity contribution < 1.29 is 13.2 Å². The third-order valence-electron chi connectivity index (χ3n) is 4.87. The average molecular weight is 479 g/mol. The Kier molecular flexibility index (Phi) is 5.37. The summed E-state index contributed by atoms with van der Waals surface area (Å²) in [6, 6.07) is 15.3. The minimum Gasteiger partial charge on any atom is -0.316 e. The number of sulfone groups is 1. The van der Waals surface area contributed by atoms with E-state index in [9.17, 15) is 13.2 Å². The van der Waals surface area contributed by atoms with E-state index in [1.165, 1.54) is 11.8 Å². The third-order valence-corrected chi connectivity index (χ3v) is 8.61. The Bertz CT molecular complexity index is 1030. The number of rotatable bonds is 3.